The van der Waals surface area contributed by atoms with Crippen LogP contribution >= 0.6 is 34.8 Å². The van der Waals surface area contributed by atoms with E-state index in [1.54, 1.807) is 13.8 Å². The van der Waals surface area contributed by atoms with Gasteiger partial charge in [0, 0.05) is 17.7 Å². The molecule has 0 aliphatic carbocycles. The van der Waals surface area contributed by atoms with Gasteiger partial charge in [-0.1, -0.05) is 34.8 Å². The van der Waals surface area contributed by atoms with Gasteiger partial charge in [0.15, 0.2) is 0 Å². The van der Waals surface area contributed by atoms with Crippen molar-refractivity contribution in [2.75, 3.05) is 0 Å². The molecule has 1 aromatic carbocycles. The maximum atomic E-state index is 11.1. The number of nitrogens with zero attached hydrogens (tertiary/aromatic N) is 3. The van der Waals surface area contributed by atoms with Crippen LogP contribution in [-0.4, -0.2) is 14.9 Å². The molecule has 0 spiro atoms. The maximum Gasteiger partial charge on any atom is 0.313 e. The van der Waals surface area contributed by atoms with Gasteiger partial charge in [0.1, 0.15) is 11.0 Å². The van der Waals surface area contributed by atoms with Crippen LogP contribution in [-0.2, 0) is 0 Å². The van der Waals surface area contributed by atoms with E-state index in [1.165, 1.54) is 6.07 Å². The fraction of sp³-hybridized carbons (Fsp3) is 0.167. The number of aromatic nitrogens is 2. The number of hydrogen-bond donors (Lipinski definition) is 0. The Morgan fingerprint density at radius 3 is 2.38 bits per heavy atom. The zero-order valence-electron chi connectivity index (χ0n) is 10.9. The largest absolute Gasteiger partial charge is 0.431 e. The van der Waals surface area contributed by atoms with Crippen molar-refractivity contribution in [3.8, 4) is 11.6 Å². The second kappa shape index (κ2) is 6.01. The van der Waals surface area contributed by atoms with Crippen LogP contribution in [0, 0.1) is 24.0 Å². The predicted octanol–water partition coefficient (Wildman–Crippen LogP) is 4.75. The van der Waals surface area contributed by atoms with Crippen LogP contribution in [0.1, 0.15) is 11.4 Å². The van der Waals surface area contributed by atoms with E-state index in [1.807, 2.05) is 0 Å². The van der Waals surface area contributed by atoms with Crippen LogP contribution in [0.15, 0.2) is 12.1 Å². The van der Waals surface area contributed by atoms with Crippen molar-refractivity contribution in [2.24, 2.45) is 0 Å². The zero-order valence-corrected chi connectivity index (χ0v) is 13.1. The molecule has 0 unspecified atom stereocenters. The third-order valence-electron chi connectivity index (χ3n) is 2.56. The molecule has 0 saturated carbocycles. The van der Waals surface area contributed by atoms with E-state index < -0.39 is 4.92 Å². The highest BCUT2D eigenvalue weighted by atomic mass is 35.5. The maximum absolute atomic E-state index is 11.1. The lowest BCUT2D eigenvalue weighted by Gasteiger charge is -2.10. The molecule has 0 N–H and O–H groups in total. The molecule has 1 aromatic heterocycles. The minimum absolute atomic E-state index is 0.0596. The Morgan fingerprint density at radius 2 is 1.76 bits per heavy atom. The molecule has 0 aliphatic rings. The number of hydrogen-bond acceptors (Lipinski definition) is 5. The van der Waals surface area contributed by atoms with Gasteiger partial charge in [0.05, 0.1) is 15.0 Å². The number of nitro groups is 1. The predicted molar refractivity (Wildman–Crippen MR) is 79.7 cm³/mol. The standard InChI is InChI=1S/C12H8Cl3N3O3/c1-5-11(15)16-6(2)17-12(5)21-10-4-8(14)7(13)3-9(10)18(19)20/h3-4H,1-2H3. The lowest BCUT2D eigenvalue weighted by atomic mass is 10.3. The van der Waals surface area contributed by atoms with Crippen molar-refractivity contribution in [1.29, 1.82) is 0 Å². The number of benzene rings is 1. The SMILES string of the molecule is Cc1nc(Cl)c(C)c(Oc2cc(Cl)c(Cl)cc2[N+](=O)[O-])n1. The quantitative estimate of drug-likeness (QED) is 0.454. The molecular formula is C12H8Cl3N3O3. The highest BCUT2D eigenvalue weighted by molar-refractivity contribution is 6.42. The molecule has 0 aliphatic heterocycles. The average molecular weight is 349 g/mol. The number of ether oxygens (including phenoxy) is 1. The molecule has 0 radical (unpaired) electrons. The van der Waals surface area contributed by atoms with Crippen molar-refractivity contribution in [3.63, 3.8) is 0 Å². The first-order valence-corrected chi connectivity index (χ1v) is 6.75. The summed E-state index contributed by atoms with van der Waals surface area (Å²) in [6.07, 6.45) is 0. The molecule has 9 heteroatoms. The van der Waals surface area contributed by atoms with Gasteiger partial charge in [-0.2, -0.15) is 4.98 Å². The van der Waals surface area contributed by atoms with Crippen LogP contribution in [0.4, 0.5) is 5.69 Å². The molecule has 0 atom stereocenters. The van der Waals surface area contributed by atoms with E-state index in [4.69, 9.17) is 39.5 Å². The number of nitro benzene ring substituents is 1. The molecule has 0 amide bonds. The first-order valence-electron chi connectivity index (χ1n) is 5.61. The fourth-order valence-corrected chi connectivity index (χ4v) is 2.03. The second-order valence-corrected chi connectivity index (χ2v) is 5.26. The zero-order chi connectivity index (χ0) is 15.7. The van der Waals surface area contributed by atoms with Crippen LogP contribution in [0.3, 0.4) is 0 Å². The Bertz CT molecular complexity index is 737. The van der Waals surface area contributed by atoms with Crippen molar-refractivity contribution in [1.82, 2.24) is 9.97 Å². The molecule has 110 valence electrons. The van der Waals surface area contributed by atoms with E-state index in [2.05, 4.69) is 9.97 Å². The lowest BCUT2D eigenvalue weighted by Crippen LogP contribution is -2.00. The minimum Gasteiger partial charge on any atom is -0.431 e. The summed E-state index contributed by atoms with van der Waals surface area (Å²) in [4.78, 5) is 18.5. The summed E-state index contributed by atoms with van der Waals surface area (Å²) in [6.45, 7) is 3.27. The summed E-state index contributed by atoms with van der Waals surface area (Å²) >= 11 is 17.6. The Hall–Kier alpha value is -1.63. The number of aryl methyl sites for hydroxylation is 1. The van der Waals surface area contributed by atoms with Crippen molar-refractivity contribution < 1.29 is 9.66 Å². The summed E-state index contributed by atoms with van der Waals surface area (Å²) in [5, 5.41) is 11.5. The van der Waals surface area contributed by atoms with E-state index >= 15 is 0 Å². The highest BCUT2D eigenvalue weighted by Gasteiger charge is 2.21. The molecule has 2 rings (SSSR count). The molecular weight excluding hydrogens is 341 g/mol. The van der Waals surface area contributed by atoms with Gasteiger partial charge in [-0.15, -0.1) is 0 Å². The van der Waals surface area contributed by atoms with Crippen LogP contribution < -0.4 is 4.74 Å². The topological polar surface area (TPSA) is 78.2 Å². The second-order valence-electron chi connectivity index (χ2n) is 4.08. The molecule has 21 heavy (non-hydrogen) atoms. The Balaban J connectivity index is 2.54. The minimum atomic E-state index is -0.622. The van der Waals surface area contributed by atoms with Crippen molar-refractivity contribution in [3.05, 3.63) is 48.8 Å². The summed E-state index contributed by atoms with van der Waals surface area (Å²) in [5.41, 5.74) is 0.138. The third kappa shape index (κ3) is 3.34. The summed E-state index contributed by atoms with van der Waals surface area (Å²) in [6, 6.07) is 2.37. The lowest BCUT2D eigenvalue weighted by molar-refractivity contribution is -0.385. The number of rotatable bonds is 3. The van der Waals surface area contributed by atoms with E-state index in [9.17, 15) is 10.1 Å². The summed E-state index contributed by atoms with van der Waals surface area (Å²) < 4.78 is 5.48. The Morgan fingerprint density at radius 1 is 1.14 bits per heavy atom. The molecule has 0 fully saturated rings. The normalized spacial score (nSPS) is 10.5. The summed E-state index contributed by atoms with van der Waals surface area (Å²) in [7, 11) is 0. The van der Waals surface area contributed by atoms with Gasteiger partial charge in [0.2, 0.25) is 11.6 Å². The Kier molecular flexibility index (Phi) is 4.51. The van der Waals surface area contributed by atoms with Gasteiger partial charge < -0.3 is 4.74 Å². The van der Waals surface area contributed by atoms with E-state index in [0.29, 0.717) is 11.4 Å². The van der Waals surface area contributed by atoms with Crippen molar-refractivity contribution in [2.45, 2.75) is 13.8 Å². The molecule has 0 saturated heterocycles. The molecule has 1 heterocycles. The monoisotopic (exact) mass is 347 g/mol. The summed E-state index contributed by atoms with van der Waals surface area (Å²) in [5.74, 6) is 0.420. The van der Waals surface area contributed by atoms with Gasteiger partial charge in [-0.3, -0.25) is 10.1 Å². The average Bonchev–Trinajstić information content (AvgIpc) is 2.39. The van der Waals surface area contributed by atoms with Gasteiger partial charge in [0.25, 0.3) is 0 Å². The third-order valence-corrected chi connectivity index (χ3v) is 3.65. The fourth-order valence-electron chi connectivity index (χ4n) is 1.52. The van der Waals surface area contributed by atoms with Crippen molar-refractivity contribution >= 4 is 40.5 Å². The first-order chi connectivity index (χ1) is 9.79. The molecule has 6 nitrogen and oxygen atoms in total. The van der Waals surface area contributed by atoms with Crippen LogP contribution in [0.5, 0.6) is 11.6 Å². The number of halogens is 3. The van der Waals surface area contributed by atoms with E-state index in [-0.39, 0.29) is 32.5 Å². The first kappa shape index (κ1) is 15.8. The van der Waals surface area contributed by atoms with Crippen LogP contribution in [0.2, 0.25) is 15.2 Å². The smallest absolute Gasteiger partial charge is 0.313 e. The Labute approximate surface area is 134 Å². The highest BCUT2D eigenvalue weighted by Crippen LogP contribution is 2.38. The van der Waals surface area contributed by atoms with Gasteiger partial charge >= 0.3 is 5.69 Å². The molecule has 2 aromatic rings. The van der Waals surface area contributed by atoms with Gasteiger partial charge in [-0.05, 0) is 13.8 Å². The van der Waals surface area contributed by atoms with E-state index in [0.717, 1.165) is 6.07 Å². The van der Waals surface area contributed by atoms with Crippen LogP contribution in [0.25, 0.3) is 0 Å². The van der Waals surface area contributed by atoms with Gasteiger partial charge in [-0.25, -0.2) is 4.98 Å². The molecule has 0 bridgehead atoms.